The number of hydrogen-bond donors (Lipinski definition) is 1. The van der Waals surface area contributed by atoms with Gasteiger partial charge in [0.05, 0.1) is 20.6 Å². The Balaban J connectivity index is 1.40. The first-order chi connectivity index (χ1) is 15.1. The lowest BCUT2D eigenvalue weighted by molar-refractivity contribution is -0.131. The fourth-order valence-corrected chi connectivity index (χ4v) is 4.41. The third-order valence-electron chi connectivity index (χ3n) is 5.45. The van der Waals surface area contributed by atoms with Crippen molar-refractivity contribution >= 4 is 17.2 Å². The summed E-state index contributed by atoms with van der Waals surface area (Å²) in [5.74, 6) is 2.11. The molecular weight excluding hydrogens is 416 g/mol. The third kappa shape index (κ3) is 4.77. The van der Waals surface area contributed by atoms with Crippen LogP contribution in [0.5, 0.6) is 11.5 Å². The summed E-state index contributed by atoms with van der Waals surface area (Å²) in [6.07, 6.45) is 3.51. The minimum atomic E-state index is -0.179. The van der Waals surface area contributed by atoms with Gasteiger partial charge in [-0.15, -0.1) is 11.3 Å². The molecule has 1 fully saturated rings. The van der Waals surface area contributed by atoms with Crippen molar-refractivity contribution in [3.05, 3.63) is 57.6 Å². The highest BCUT2D eigenvalue weighted by molar-refractivity contribution is 7.13. The van der Waals surface area contributed by atoms with E-state index in [1.165, 1.54) is 17.4 Å². The zero-order valence-corrected chi connectivity index (χ0v) is 18.3. The molecule has 1 aliphatic rings. The van der Waals surface area contributed by atoms with Crippen molar-refractivity contribution in [3.63, 3.8) is 0 Å². The zero-order valence-electron chi connectivity index (χ0n) is 17.5. The van der Waals surface area contributed by atoms with Gasteiger partial charge in [0.15, 0.2) is 11.5 Å². The lowest BCUT2D eigenvalue weighted by atomic mass is 9.95. The fourth-order valence-electron chi connectivity index (χ4n) is 3.81. The number of H-pyrrole nitrogens is 1. The molecule has 31 heavy (non-hydrogen) atoms. The number of benzene rings is 1. The van der Waals surface area contributed by atoms with Crippen LogP contribution >= 0.6 is 11.3 Å². The van der Waals surface area contributed by atoms with Crippen LogP contribution in [-0.2, 0) is 11.2 Å². The second-order valence-electron chi connectivity index (χ2n) is 7.37. The summed E-state index contributed by atoms with van der Waals surface area (Å²) in [5.41, 5.74) is 1.30. The van der Waals surface area contributed by atoms with Gasteiger partial charge >= 0.3 is 0 Å². The van der Waals surface area contributed by atoms with E-state index in [0.717, 1.165) is 23.4 Å². The maximum Gasteiger partial charge on any atom is 0.251 e. The van der Waals surface area contributed by atoms with E-state index in [2.05, 4.69) is 15.0 Å². The largest absolute Gasteiger partial charge is 0.493 e. The van der Waals surface area contributed by atoms with Crippen molar-refractivity contribution in [2.24, 2.45) is 0 Å². The van der Waals surface area contributed by atoms with Crippen LogP contribution in [0.15, 0.2) is 40.6 Å². The molecule has 1 aliphatic heterocycles. The Morgan fingerprint density at radius 2 is 1.97 bits per heavy atom. The van der Waals surface area contributed by atoms with Gasteiger partial charge in [-0.25, -0.2) is 9.97 Å². The number of rotatable bonds is 6. The Morgan fingerprint density at radius 3 is 2.65 bits per heavy atom. The lowest BCUT2D eigenvalue weighted by Gasteiger charge is -2.31. The second kappa shape index (κ2) is 9.30. The second-order valence-corrected chi connectivity index (χ2v) is 8.27. The van der Waals surface area contributed by atoms with Crippen LogP contribution < -0.4 is 15.0 Å². The van der Waals surface area contributed by atoms with E-state index in [-0.39, 0.29) is 17.4 Å². The monoisotopic (exact) mass is 440 g/mol. The standard InChI is InChI=1S/C22H24N4O4S/c1-29-17-4-3-14(11-18(17)30-2)12-20(28)26-8-5-15(6-9-26)21-24-16(13-19(27)25-21)22-23-7-10-31-22/h3-4,7,10-11,13,15H,5-6,8-9,12H2,1-2H3,(H,24,25,27). The number of carbonyl (C=O) groups excluding carboxylic acids is 1. The molecule has 3 aromatic rings. The summed E-state index contributed by atoms with van der Waals surface area (Å²) in [6, 6.07) is 7.00. The van der Waals surface area contributed by atoms with Crippen LogP contribution in [0.2, 0.25) is 0 Å². The quantitative estimate of drug-likeness (QED) is 0.633. The predicted octanol–water partition coefficient (Wildman–Crippen LogP) is 2.86. The first kappa shape index (κ1) is 21.0. The van der Waals surface area contributed by atoms with Crippen LogP contribution in [0.25, 0.3) is 10.7 Å². The van der Waals surface area contributed by atoms with Gasteiger partial charge in [-0.1, -0.05) is 6.07 Å². The van der Waals surface area contributed by atoms with Gasteiger partial charge in [0.25, 0.3) is 5.56 Å². The fraction of sp³-hybridized carbons (Fsp3) is 0.364. The Kier molecular flexibility index (Phi) is 6.31. The van der Waals surface area contributed by atoms with Crippen molar-refractivity contribution in [1.82, 2.24) is 19.9 Å². The number of carbonyl (C=O) groups is 1. The molecule has 0 atom stereocenters. The topological polar surface area (TPSA) is 97.4 Å². The molecule has 0 radical (unpaired) electrons. The SMILES string of the molecule is COc1ccc(CC(=O)N2CCC(c3nc(-c4nccs4)cc(=O)[nH]3)CC2)cc1OC. The van der Waals surface area contributed by atoms with Crippen LogP contribution in [-0.4, -0.2) is 53.1 Å². The molecular formula is C22H24N4O4S. The van der Waals surface area contributed by atoms with Crippen LogP contribution in [0.1, 0.15) is 30.1 Å². The highest BCUT2D eigenvalue weighted by atomic mass is 32.1. The van der Waals surface area contributed by atoms with Crippen molar-refractivity contribution in [2.45, 2.75) is 25.2 Å². The molecule has 0 unspecified atom stereocenters. The number of aromatic amines is 1. The minimum Gasteiger partial charge on any atom is -0.493 e. The molecule has 0 aliphatic carbocycles. The summed E-state index contributed by atoms with van der Waals surface area (Å²) in [4.78, 5) is 38.5. The number of amides is 1. The molecule has 8 nitrogen and oxygen atoms in total. The minimum absolute atomic E-state index is 0.0728. The van der Waals surface area contributed by atoms with Crippen LogP contribution in [0.4, 0.5) is 0 Å². The number of nitrogens with zero attached hydrogens (tertiary/aromatic N) is 3. The van der Waals surface area contributed by atoms with Gasteiger partial charge in [-0.05, 0) is 30.5 Å². The number of nitrogens with one attached hydrogen (secondary N) is 1. The van der Waals surface area contributed by atoms with Crippen molar-refractivity contribution in [1.29, 1.82) is 0 Å². The number of ether oxygens (including phenoxy) is 2. The number of thiazole rings is 1. The predicted molar refractivity (Wildman–Crippen MR) is 118 cm³/mol. The Bertz CT molecular complexity index is 1100. The molecule has 3 heterocycles. The van der Waals surface area contributed by atoms with E-state index in [4.69, 9.17) is 9.47 Å². The van der Waals surface area contributed by atoms with E-state index in [0.29, 0.717) is 42.5 Å². The number of hydrogen-bond acceptors (Lipinski definition) is 7. The molecule has 162 valence electrons. The number of methoxy groups -OCH3 is 2. The number of piperidine rings is 1. The van der Waals surface area contributed by atoms with E-state index in [1.54, 1.807) is 20.4 Å². The molecule has 0 saturated carbocycles. The van der Waals surface area contributed by atoms with Gasteiger partial charge in [0.2, 0.25) is 5.91 Å². The maximum absolute atomic E-state index is 12.8. The van der Waals surface area contributed by atoms with Gasteiger partial charge in [-0.3, -0.25) is 9.59 Å². The molecule has 1 aromatic carbocycles. The first-order valence-corrected chi connectivity index (χ1v) is 10.9. The summed E-state index contributed by atoms with van der Waals surface area (Å²) in [5, 5.41) is 2.59. The summed E-state index contributed by atoms with van der Waals surface area (Å²) >= 11 is 1.45. The van der Waals surface area contributed by atoms with Gasteiger partial charge in [0, 0.05) is 36.7 Å². The van der Waals surface area contributed by atoms with E-state index in [1.807, 2.05) is 28.5 Å². The van der Waals surface area contributed by atoms with Crippen LogP contribution in [0, 0.1) is 0 Å². The highest BCUT2D eigenvalue weighted by Crippen LogP contribution is 2.29. The molecule has 0 bridgehead atoms. The normalized spacial score (nSPS) is 14.5. The lowest BCUT2D eigenvalue weighted by Crippen LogP contribution is -2.39. The Hall–Kier alpha value is -3.20. The smallest absolute Gasteiger partial charge is 0.251 e. The van der Waals surface area contributed by atoms with Crippen molar-refractivity contribution in [3.8, 4) is 22.2 Å². The first-order valence-electron chi connectivity index (χ1n) is 10.1. The summed E-state index contributed by atoms with van der Waals surface area (Å²) < 4.78 is 10.6. The molecule has 1 amide bonds. The number of aromatic nitrogens is 3. The third-order valence-corrected chi connectivity index (χ3v) is 6.24. The summed E-state index contributed by atoms with van der Waals surface area (Å²) in [7, 11) is 3.16. The average Bonchev–Trinajstić information content (AvgIpc) is 3.34. The van der Waals surface area contributed by atoms with Crippen molar-refractivity contribution in [2.75, 3.05) is 27.3 Å². The molecule has 4 rings (SSSR count). The van der Waals surface area contributed by atoms with Gasteiger partial charge in [-0.2, -0.15) is 0 Å². The molecule has 0 spiro atoms. The molecule has 9 heteroatoms. The molecule has 2 aromatic heterocycles. The zero-order chi connectivity index (χ0) is 21.8. The van der Waals surface area contributed by atoms with Crippen LogP contribution in [0.3, 0.4) is 0 Å². The van der Waals surface area contributed by atoms with Crippen molar-refractivity contribution < 1.29 is 14.3 Å². The van der Waals surface area contributed by atoms with Gasteiger partial charge in [0.1, 0.15) is 16.5 Å². The highest BCUT2D eigenvalue weighted by Gasteiger charge is 2.26. The Morgan fingerprint density at radius 1 is 1.19 bits per heavy atom. The van der Waals surface area contributed by atoms with E-state index >= 15 is 0 Å². The molecule has 1 saturated heterocycles. The van der Waals surface area contributed by atoms with E-state index in [9.17, 15) is 9.59 Å². The van der Waals surface area contributed by atoms with Gasteiger partial charge < -0.3 is 19.4 Å². The average molecular weight is 441 g/mol. The Labute approximate surface area is 183 Å². The summed E-state index contributed by atoms with van der Waals surface area (Å²) in [6.45, 7) is 1.25. The maximum atomic E-state index is 12.8. The molecule has 1 N–H and O–H groups in total. The van der Waals surface area contributed by atoms with E-state index < -0.39 is 0 Å². The number of likely N-dealkylation sites (tertiary alicyclic amines) is 1.